The van der Waals surface area contributed by atoms with Crippen LogP contribution in [0.4, 0.5) is 4.39 Å². The zero-order chi connectivity index (χ0) is 12.4. The first-order valence-corrected chi connectivity index (χ1v) is 5.36. The molecule has 0 aliphatic rings. The lowest BCUT2D eigenvalue weighted by atomic mass is 10.1. The molecule has 17 heavy (non-hydrogen) atoms. The molecule has 0 aliphatic carbocycles. The lowest BCUT2D eigenvalue weighted by Gasteiger charge is -2.02. The lowest BCUT2D eigenvalue weighted by molar-refractivity contribution is 0.621. The predicted molar refractivity (Wildman–Crippen MR) is 62.3 cm³/mol. The summed E-state index contributed by atoms with van der Waals surface area (Å²) in [6.45, 7) is 4.14. The number of hydrogen-bond acceptors (Lipinski definition) is 2. The number of aromatic nitrogens is 2. The van der Waals surface area contributed by atoms with Gasteiger partial charge in [-0.05, 0) is 23.6 Å². The second-order valence-corrected chi connectivity index (χ2v) is 4.15. The number of benzene rings is 1. The third-order valence-corrected chi connectivity index (χ3v) is 2.61. The highest BCUT2D eigenvalue weighted by atomic mass is 19.1. The van der Waals surface area contributed by atoms with Crippen LogP contribution < -0.4 is 0 Å². The second kappa shape index (κ2) is 4.38. The number of rotatable bonds is 2. The van der Waals surface area contributed by atoms with Gasteiger partial charge in [0.1, 0.15) is 11.9 Å². The third-order valence-electron chi connectivity index (χ3n) is 2.61. The van der Waals surface area contributed by atoms with Crippen LogP contribution in [0.15, 0.2) is 30.6 Å². The molecule has 0 spiro atoms. The fraction of sp³-hybridized carbons (Fsp3) is 0.231. The molecule has 1 aromatic heterocycles. The van der Waals surface area contributed by atoms with Gasteiger partial charge in [0.15, 0.2) is 0 Å². The average Bonchev–Trinajstić information content (AvgIpc) is 2.78. The van der Waals surface area contributed by atoms with E-state index in [9.17, 15) is 4.39 Å². The molecule has 0 N–H and O–H groups in total. The Labute approximate surface area is 99.1 Å². The first-order valence-electron chi connectivity index (χ1n) is 5.36. The van der Waals surface area contributed by atoms with Gasteiger partial charge in [0.05, 0.1) is 17.4 Å². The molecule has 2 aromatic rings. The van der Waals surface area contributed by atoms with E-state index in [1.54, 1.807) is 23.0 Å². The van der Waals surface area contributed by atoms with E-state index in [-0.39, 0.29) is 5.56 Å². The van der Waals surface area contributed by atoms with Crippen LogP contribution in [0.25, 0.3) is 5.69 Å². The summed E-state index contributed by atoms with van der Waals surface area (Å²) in [5, 5.41) is 12.8. The molecule has 4 heteroatoms. The van der Waals surface area contributed by atoms with E-state index in [0.717, 1.165) is 5.56 Å². The maximum absolute atomic E-state index is 13.4. The molecule has 0 unspecified atom stereocenters. The minimum Gasteiger partial charge on any atom is -0.241 e. The van der Waals surface area contributed by atoms with Crippen molar-refractivity contribution in [1.82, 2.24) is 9.78 Å². The van der Waals surface area contributed by atoms with E-state index in [2.05, 4.69) is 18.9 Å². The van der Waals surface area contributed by atoms with E-state index in [1.165, 1.54) is 12.1 Å². The average molecular weight is 229 g/mol. The molecule has 86 valence electrons. The summed E-state index contributed by atoms with van der Waals surface area (Å²) in [4.78, 5) is 0. The molecule has 3 nitrogen and oxygen atoms in total. The van der Waals surface area contributed by atoms with E-state index < -0.39 is 5.82 Å². The smallest absolute Gasteiger partial charge is 0.143 e. The van der Waals surface area contributed by atoms with Crippen molar-refractivity contribution in [2.75, 3.05) is 0 Å². The van der Waals surface area contributed by atoms with Crippen LogP contribution in [0.5, 0.6) is 0 Å². The molecule has 0 aliphatic heterocycles. The van der Waals surface area contributed by atoms with Gasteiger partial charge in [0.2, 0.25) is 0 Å². The Kier molecular flexibility index (Phi) is 2.92. The van der Waals surface area contributed by atoms with Crippen LogP contribution >= 0.6 is 0 Å². The summed E-state index contributed by atoms with van der Waals surface area (Å²) in [6.07, 6.45) is 3.63. The Bertz CT molecular complexity index is 579. The van der Waals surface area contributed by atoms with Gasteiger partial charge in [0.25, 0.3) is 0 Å². The summed E-state index contributed by atoms with van der Waals surface area (Å²) < 4.78 is 15.0. The molecule has 0 atom stereocenters. The number of nitriles is 1. The SMILES string of the molecule is CC(C)c1cnn(-c2ccc(C#N)c(F)c2)c1. The molecule has 0 radical (unpaired) electrons. The molecule has 0 saturated heterocycles. The van der Waals surface area contributed by atoms with Crippen molar-refractivity contribution in [2.45, 2.75) is 19.8 Å². The minimum absolute atomic E-state index is 0.0463. The van der Waals surface area contributed by atoms with E-state index in [0.29, 0.717) is 11.6 Å². The summed E-state index contributed by atoms with van der Waals surface area (Å²) in [5.74, 6) is -0.140. The molecular weight excluding hydrogens is 217 g/mol. The predicted octanol–water partition coefficient (Wildman–Crippen LogP) is 3.01. The van der Waals surface area contributed by atoms with Crippen molar-refractivity contribution in [3.63, 3.8) is 0 Å². The fourth-order valence-corrected chi connectivity index (χ4v) is 1.51. The van der Waals surface area contributed by atoms with E-state index >= 15 is 0 Å². The van der Waals surface area contributed by atoms with Crippen LogP contribution in [0, 0.1) is 17.1 Å². The summed E-state index contributed by atoms with van der Waals surface area (Å²) in [5.41, 5.74) is 1.76. The first kappa shape index (κ1) is 11.3. The summed E-state index contributed by atoms with van der Waals surface area (Å²) in [6, 6.07) is 6.25. The highest BCUT2D eigenvalue weighted by Crippen LogP contribution is 2.17. The molecule has 0 saturated carbocycles. The van der Waals surface area contributed by atoms with Crippen molar-refractivity contribution < 1.29 is 4.39 Å². The standard InChI is InChI=1S/C13H12FN3/c1-9(2)11-7-16-17(8-11)12-4-3-10(6-15)13(14)5-12/h3-5,7-9H,1-2H3. The van der Waals surface area contributed by atoms with Crippen molar-refractivity contribution >= 4 is 0 Å². The van der Waals surface area contributed by atoms with Gasteiger partial charge in [-0.2, -0.15) is 10.4 Å². The Morgan fingerprint density at radius 3 is 2.71 bits per heavy atom. The van der Waals surface area contributed by atoms with Gasteiger partial charge < -0.3 is 0 Å². The van der Waals surface area contributed by atoms with E-state index in [1.807, 2.05) is 6.20 Å². The highest BCUT2D eigenvalue weighted by Gasteiger charge is 2.07. The molecule has 0 amide bonds. The van der Waals surface area contributed by atoms with Crippen LogP contribution in [0.1, 0.15) is 30.9 Å². The van der Waals surface area contributed by atoms with Gasteiger partial charge in [-0.3, -0.25) is 0 Å². The van der Waals surface area contributed by atoms with Crippen molar-refractivity contribution in [3.05, 3.63) is 47.5 Å². The minimum atomic E-state index is -0.522. The second-order valence-electron chi connectivity index (χ2n) is 4.15. The largest absolute Gasteiger partial charge is 0.241 e. The molecule has 1 heterocycles. The van der Waals surface area contributed by atoms with Crippen molar-refractivity contribution in [3.8, 4) is 11.8 Å². The monoisotopic (exact) mass is 229 g/mol. The number of nitrogens with zero attached hydrogens (tertiary/aromatic N) is 3. The van der Waals surface area contributed by atoms with Crippen molar-refractivity contribution in [2.24, 2.45) is 0 Å². The molecule has 0 bridgehead atoms. The van der Waals surface area contributed by atoms with Gasteiger partial charge in [-0.25, -0.2) is 9.07 Å². The van der Waals surface area contributed by atoms with Gasteiger partial charge in [-0.1, -0.05) is 13.8 Å². The Balaban J connectivity index is 2.40. The Hall–Kier alpha value is -2.15. The van der Waals surface area contributed by atoms with Crippen LogP contribution in [0.2, 0.25) is 0 Å². The molecule has 1 aromatic carbocycles. The molecule has 2 rings (SSSR count). The first-order chi connectivity index (χ1) is 8.11. The highest BCUT2D eigenvalue weighted by molar-refractivity contribution is 5.40. The Morgan fingerprint density at radius 1 is 1.41 bits per heavy atom. The van der Waals surface area contributed by atoms with Crippen LogP contribution in [0.3, 0.4) is 0 Å². The number of hydrogen-bond donors (Lipinski definition) is 0. The van der Waals surface area contributed by atoms with Gasteiger partial charge >= 0.3 is 0 Å². The number of halogens is 1. The summed E-state index contributed by atoms with van der Waals surface area (Å²) in [7, 11) is 0. The molecule has 0 fully saturated rings. The summed E-state index contributed by atoms with van der Waals surface area (Å²) >= 11 is 0. The lowest BCUT2D eigenvalue weighted by Crippen LogP contribution is -1.96. The topological polar surface area (TPSA) is 41.6 Å². The molecular formula is C13H12FN3. The Morgan fingerprint density at radius 2 is 2.18 bits per heavy atom. The normalized spacial score (nSPS) is 10.5. The maximum atomic E-state index is 13.4. The fourth-order valence-electron chi connectivity index (χ4n) is 1.51. The van der Waals surface area contributed by atoms with Crippen LogP contribution in [-0.2, 0) is 0 Å². The van der Waals surface area contributed by atoms with Crippen molar-refractivity contribution in [1.29, 1.82) is 5.26 Å². The quantitative estimate of drug-likeness (QED) is 0.794. The van der Waals surface area contributed by atoms with Crippen LogP contribution in [-0.4, -0.2) is 9.78 Å². The maximum Gasteiger partial charge on any atom is 0.143 e. The zero-order valence-electron chi connectivity index (χ0n) is 9.68. The van der Waals surface area contributed by atoms with Gasteiger partial charge in [0, 0.05) is 12.3 Å². The third kappa shape index (κ3) is 2.18. The van der Waals surface area contributed by atoms with E-state index in [4.69, 9.17) is 5.26 Å². The zero-order valence-corrected chi connectivity index (χ0v) is 9.68. The van der Waals surface area contributed by atoms with Gasteiger partial charge in [-0.15, -0.1) is 0 Å².